The van der Waals surface area contributed by atoms with Crippen molar-refractivity contribution in [1.29, 1.82) is 0 Å². The predicted octanol–water partition coefficient (Wildman–Crippen LogP) is 5.65. The number of benzene rings is 5. The molecule has 5 rings (SSSR count). The second-order valence-electron chi connectivity index (χ2n) is 8.31. The highest BCUT2D eigenvalue weighted by atomic mass is 31.2. The standard InChI is InChI=1S/C32H24O2P2/c33-35(28-16-5-1-6-17-28,29-18-7-2-8-19-29)26-25-27-15-13-14-24-32(27)36(34,30-20-9-3-10-21-30)31-22-11-4-12-23-31/h1-24H. The second-order valence-corrected chi connectivity index (χ2v) is 13.5. The molecule has 0 radical (unpaired) electrons. The molecule has 5 aromatic rings. The molecule has 0 bridgehead atoms. The molecule has 0 aliphatic heterocycles. The molecule has 0 aromatic heterocycles. The summed E-state index contributed by atoms with van der Waals surface area (Å²) >= 11 is 0. The Bertz CT molecular complexity index is 1530. The summed E-state index contributed by atoms with van der Waals surface area (Å²) in [5.74, 6) is 3.21. The van der Waals surface area contributed by atoms with Gasteiger partial charge in [0.2, 0.25) is 7.14 Å². The van der Waals surface area contributed by atoms with Crippen LogP contribution >= 0.6 is 14.3 Å². The summed E-state index contributed by atoms with van der Waals surface area (Å²) in [5.41, 5.74) is 3.76. The van der Waals surface area contributed by atoms with Crippen LogP contribution in [-0.4, -0.2) is 0 Å². The third-order valence-corrected chi connectivity index (χ3v) is 11.7. The Balaban J connectivity index is 1.73. The largest absolute Gasteiger partial charge is 0.309 e. The van der Waals surface area contributed by atoms with Crippen LogP contribution in [0.4, 0.5) is 0 Å². The highest BCUT2D eigenvalue weighted by Crippen LogP contribution is 2.44. The zero-order valence-corrected chi connectivity index (χ0v) is 21.4. The second kappa shape index (κ2) is 10.4. The lowest BCUT2D eigenvalue weighted by Crippen LogP contribution is -2.26. The van der Waals surface area contributed by atoms with Gasteiger partial charge < -0.3 is 4.57 Å². The quantitative estimate of drug-likeness (QED) is 0.230. The summed E-state index contributed by atoms with van der Waals surface area (Å²) in [6.07, 6.45) is 0. The molecule has 0 saturated heterocycles. The van der Waals surface area contributed by atoms with Gasteiger partial charge >= 0.3 is 0 Å². The fourth-order valence-corrected chi connectivity index (χ4v) is 9.07. The van der Waals surface area contributed by atoms with Gasteiger partial charge in [-0.15, -0.1) is 0 Å². The molecule has 0 fully saturated rings. The molecule has 0 N–H and O–H groups in total. The van der Waals surface area contributed by atoms with Crippen molar-refractivity contribution in [1.82, 2.24) is 0 Å². The van der Waals surface area contributed by atoms with Gasteiger partial charge in [-0.1, -0.05) is 139 Å². The average molecular weight is 502 g/mol. The molecule has 36 heavy (non-hydrogen) atoms. The molecule has 0 aliphatic carbocycles. The summed E-state index contributed by atoms with van der Waals surface area (Å²) in [6.45, 7) is 0. The first-order valence-corrected chi connectivity index (χ1v) is 15.1. The Morgan fingerprint density at radius 3 is 1.22 bits per heavy atom. The zero-order valence-electron chi connectivity index (χ0n) is 19.6. The smallest absolute Gasteiger partial charge is 0.211 e. The van der Waals surface area contributed by atoms with E-state index in [0.29, 0.717) is 21.5 Å². The van der Waals surface area contributed by atoms with E-state index < -0.39 is 14.3 Å². The van der Waals surface area contributed by atoms with E-state index in [1.807, 2.05) is 146 Å². The highest BCUT2D eigenvalue weighted by Gasteiger charge is 2.32. The van der Waals surface area contributed by atoms with Crippen molar-refractivity contribution >= 4 is 40.8 Å². The van der Waals surface area contributed by atoms with E-state index in [9.17, 15) is 9.13 Å². The minimum Gasteiger partial charge on any atom is -0.309 e. The van der Waals surface area contributed by atoms with Crippen molar-refractivity contribution in [3.8, 4) is 11.6 Å². The number of rotatable bonds is 5. The summed E-state index contributed by atoms with van der Waals surface area (Å²) in [5, 5.41) is 3.47. The summed E-state index contributed by atoms with van der Waals surface area (Å²) in [7, 11) is -6.49. The van der Waals surface area contributed by atoms with Crippen LogP contribution in [0.3, 0.4) is 0 Å². The van der Waals surface area contributed by atoms with Crippen LogP contribution in [0.2, 0.25) is 0 Å². The van der Waals surface area contributed by atoms with Crippen LogP contribution in [0, 0.1) is 11.6 Å². The van der Waals surface area contributed by atoms with Gasteiger partial charge in [-0.2, -0.15) is 0 Å². The fourth-order valence-electron chi connectivity index (χ4n) is 4.25. The zero-order chi connectivity index (χ0) is 24.8. The van der Waals surface area contributed by atoms with E-state index in [1.54, 1.807) is 0 Å². The average Bonchev–Trinajstić information content (AvgIpc) is 2.97. The van der Waals surface area contributed by atoms with Gasteiger partial charge in [-0.05, 0) is 17.8 Å². The van der Waals surface area contributed by atoms with Gasteiger partial charge in [0.25, 0.3) is 0 Å². The third-order valence-electron chi connectivity index (χ3n) is 6.07. The lowest BCUT2D eigenvalue weighted by molar-refractivity contribution is 0.591. The molecule has 0 aliphatic rings. The molecule has 0 unspecified atom stereocenters. The molecule has 174 valence electrons. The maximum atomic E-state index is 15.0. The predicted molar refractivity (Wildman–Crippen MR) is 152 cm³/mol. The maximum absolute atomic E-state index is 15.0. The molecule has 0 spiro atoms. The Morgan fingerprint density at radius 2 is 0.778 bits per heavy atom. The van der Waals surface area contributed by atoms with Crippen LogP contribution in [0.1, 0.15) is 5.56 Å². The van der Waals surface area contributed by atoms with E-state index >= 15 is 0 Å². The van der Waals surface area contributed by atoms with Crippen LogP contribution in [0.25, 0.3) is 0 Å². The van der Waals surface area contributed by atoms with Gasteiger partial charge in [-0.25, -0.2) is 0 Å². The topological polar surface area (TPSA) is 34.1 Å². The lowest BCUT2D eigenvalue weighted by Gasteiger charge is -2.21. The lowest BCUT2D eigenvalue weighted by atomic mass is 10.2. The van der Waals surface area contributed by atoms with Crippen molar-refractivity contribution in [3.05, 3.63) is 151 Å². The first-order valence-electron chi connectivity index (χ1n) is 11.7. The molecular weight excluding hydrogens is 478 g/mol. The molecule has 0 saturated carbocycles. The Hall–Kier alpha value is -3.88. The molecule has 0 heterocycles. The third kappa shape index (κ3) is 4.53. The maximum Gasteiger partial charge on any atom is 0.211 e. The van der Waals surface area contributed by atoms with Crippen LogP contribution in [0.5, 0.6) is 0 Å². The SMILES string of the molecule is O=P(C#Cc1ccccc1P(=O)(c1ccccc1)c1ccccc1)(c1ccccc1)c1ccccc1. The normalized spacial score (nSPS) is 11.3. The molecule has 4 heteroatoms. The van der Waals surface area contributed by atoms with Gasteiger partial charge in [-0.3, -0.25) is 4.57 Å². The number of hydrogen-bond donors (Lipinski definition) is 0. The van der Waals surface area contributed by atoms with Crippen LogP contribution in [-0.2, 0) is 9.13 Å². The van der Waals surface area contributed by atoms with Gasteiger partial charge in [0.05, 0.1) is 0 Å². The summed E-state index contributed by atoms with van der Waals surface area (Å²) in [6, 6.07) is 45.3. The van der Waals surface area contributed by atoms with E-state index in [0.717, 1.165) is 10.6 Å². The summed E-state index contributed by atoms with van der Waals surface area (Å²) < 4.78 is 29.4. The van der Waals surface area contributed by atoms with Crippen LogP contribution in [0.15, 0.2) is 146 Å². The monoisotopic (exact) mass is 502 g/mol. The first-order chi connectivity index (χ1) is 17.6. The Morgan fingerprint density at radius 1 is 0.417 bits per heavy atom. The van der Waals surface area contributed by atoms with E-state index in [1.165, 1.54) is 0 Å². The van der Waals surface area contributed by atoms with Crippen molar-refractivity contribution in [3.63, 3.8) is 0 Å². The molecule has 0 atom stereocenters. The Labute approximate surface area is 212 Å². The van der Waals surface area contributed by atoms with E-state index in [2.05, 4.69) is 11.6 Å². The molecule has 5 aromatic carbocycles. The fraction of sp³-hybridized carbons (Fsp3) is 0. The van der Waals surface area contributed by atoms with Crippen molar-refractivity contribution in [2.75, 3.05) is 0 Å². The van der Waals surface area contributed by atoms with Gasteiger partial charge in [0, 0.05) is 32.1 Å². The van der Waals surface area contributed by atoms with Crippen molar-refractivity contribution < 1.29 is 9.13 Å². The van der Waals surface area contributed by atoms with Gasteiger partial charge in [0.1, 0.15) is 0 Å². The molecular formula is C32H24O2P2. The highest BCUT2D eigenvalue weighted by molar-refractivity contribution is 7.85. The van der Waals surface area contributed by atoms with Crippen molar-refractivity contribution in [2.45, 2.75) is 0 Å². The first kappa shape index (κ1) is 23.8. The Kier molecular flexibility index (Phi) is 6.88. The number of hydrogen-bond acceptors (Lipinski definition) is 2. The van der Waals surface area contributed by atoms with E-state index in [-0.39, 0.29) is 0 Å². The van der Waals surface area contributed by atoms with Crippen LogP contribution < -0.4 is 26.5 Å². The molecule has 0 amide bonds. The van der Waals surface area contributed by atoms with Gasteiger partial charge in [0.15, 0.2) is 7.14 Å². The molecule has 2 nitrogen and oxygen atoms in total. The van der Waals surface area contributed by atoms with Crippen molar-refractivity contribution in [2.24, 2.45) is 0 Å². The summed E-state index contributed by atoms with van der Waals surface area (Å²) in [4.78, 5) is 0. The van der Waals surface area contributed by atoms with E-state index in [4.69, 9.17) is 0 Å². The minimum absolute atomic E-state index is 0.612. The minimum atomic E-state index is -3.26.